The van der Waals surface area contributed by atoms with Gasteiger partial charge in [0.05, 0.1) is 12.7 Å². The Balaban J connectivity index is 3.21. The number of hydrogen-bond acceptors (Lipinski definition) is 3. The van der Waals surface area contributed by atoms with Crippen molar-refractivity contribution in [3.8, 4) is 0 Å². The van der Waals surface area contributed by atoms with E-state index in [1.54, 1.807) is 7.11 Å². The van der Waals surface area contributed by atoms with Crippen molar-refractivity contribution in [2.24, 2.45) is 0 Å². The van der Waals surface area contributed by atoms with Crippen LogP contribution >= 0.6 is 11.6 Å². The molecule has 0 fully saturated rings. The monoisotopic (exact) mass is 166 g/mol. The number of methoxy groups -OCH3 is 1. The third-order valence-corrected chi connectivity index (χ3v) is 0.992. The van der Waals surface area contributed by atoms with Crippen LogP contribution in [-0.4, -0.2) is 31.7 Å². The molecule has 0 saturated carbocycles. The molecule has 0 amide bonds. The van der Waals surface area contributed by atoms with E-state index in [4.69, 9.17) is 21.1 Å². The van der Waals surface area contributed by atoms with Gasteiger partial charge in [-0.05, 0) is 18.5 Å². The minimum atomic E-state index is -0.483. The maximum Gasteiger partial charge on any atom is 0.247 e. The second kappa shape index (κ2) is 5.65. The van der Waals surface area contributed by atoms with Crippen LogP contribution < -0.4 is 0 Å². The van der Waals surface area contributed by atoms with E-state index >= 15 is 0 Å². The van der Waals surface area contributed by atoms with Gasteiger partial charge in [-0.2, -0.15) is 0 Å². The number of ether oxygens (including phenoxy) is 2. The number of hydrogen-bond donors (Lipinski definition) is 0. The Labute approximate surface area is 65.3 Å². The highest BCUT2D eigenvalue weighted by Crippen LogP contribution is 1.92. The van der Waals surface area contributed by atoms with E-state index in [-0.39, 0.29) is 12.7 Å². The van der Waals surface area contributed by atoms with Gasteiger partial charge in [-0.1, -0.05) is 0 Å². The van der Waals surface area contributed by atoms with E-state index in [2.05, 4.69) is 0 Å². The van der Waals surface area contributed by atoms with E-state index in [0.717, 1.165) is 0 Å². The summed E-state index contributed by atoms with van der Waals surface area (Å²) in [6.45, 7) is 2.24. The minimum absolute atomic E-state index is 0.0495. The van der Waals surface area contributed by atoms with Crippen LogP contribution in [0.3, 0.4) is 0 Å². The maximum atomic E-state index is 10.2. The zero-order chi connectivity index (χ0) is 7.98. The smallest absolute Gasteiger partial charge is 0.247 e. The van der Waals surface area contributed by atoms with E-state index in [0.29, 0.717) is 6.61 Å². The Kier molecular flexibility index (Phi) is 5.58. The Morgan fingerprint density at radius 1 is 1.70 bits per heavy atom. The van der Waals surface area contributed by atoms with Gasteiger partial charge >= 0.3 is 0 Å². The molecule has 0 aromatic carbocycles. The second-order valence-electron chi connectivity index (χ2n) is 1.93. The Morgan fingerprint density at radius 2 is 2.30 bits per heavy atom. The SMILES string of the molecule is COCC(C)OCC(=O)Cl. The molecule has 1 atom stereocenters. The van der Waals surface area contributed by atoms with E-state index < -0.39 is 5.24 Å². The van der Waals surface area contributed by atoms with E-state index in [1.807, 2.05) is 6.92 Å². The highest BCUT2D eigenvalue weighted by molar-refractivity contribution is 6.63. The molecule has 0 N–H and O–H groups in total. The quantitative estimate of drug-likeness (QED) is 0.567. The summed E-state index contributed by atoms with van der Waals surface area (Å²) in [5.41, 5.74) is 0. The molecule has 4 heteroatoms. The highest BCUT2D eigenvalue weighted by atomic mass is 35.5. The van der Waals surface area contributed by atoms with Gasteiger partial charge in [0.2, 0.25) is 5.24 Å². The molecular formula is C6H11ClO3. The molecule has 0 spiro atoms. The molecule has 10 heavy (non-hydrogen) atoms. The minimum Gasteiger partial charge on any atom is -0.382 e. The lowest BCUT2D eigenvalue weighted by Gasteiger charge is -2.08. The summed E-state index contributed by atoms with van der Waals surface area (Å²) in [6, 6.07) is 0. The molecule has 1 unspecified atom stereocenters. The van der Waals surface area contributed by atoms with Crippen LogP contribution in [0.15, 0.2) is 0 Å². The average Bonchev–Trinajstić information content (AvgIpc) is 1.85. The third-order valence-electron chi connectivity index (χ3n) is 0.883. The summed E-state index contributed by atoms with van der Waals surface area (Å²) in [7, 11) is 1.57. The molecule has 0 heterocycles. The number of rotatable bonds is 5. The molecule has 0 aromatic heterocycles. The van der Waals surface area contributed by atoms with Crippen molar-refractivity contribution in [3.05, 3.63) is 0 Å². The van der Waals surface area contributed by atoms with Crippen molar-refractivity contribution in [2.75, 3.05) is 20.3 Å². The van der Waals surface area contributed by atoms with E-state index in [9.17, 15) is 4.79 Å². The molecule has 0 aromatic rings. The summed E-state index contributed by atoms with van der Waals surface area (Å²) >= 11 is 5.02. The van der Waals surface area contributed by atoms with Crippen molar-refractivity contribution in [1.29, 1.82) is 0 Å². The van der Waals surface area contributed by atoms with Gasteiger partial charge in [-0.3, -0.25) is 4.79 Å². The zero-order valence-electron chi connectivity index (χ0n) is 6.09. The molecule has 0 radical (unpaired) electrons. The van der Waals surface area contributed by atoms with E-state index in [1.165, 1.54) is 0 Å². The Morgan fingerprint density at radius 3 is 2.70 bits per heavy atom. The molecule has 0 saturated heterocycles. The molecule has 3 nitrogen and oxygen atoms in total. The van der Waals surface area contributed by atoms with Crippen LogP contribution in [0.25, 0.3) is 0 Å². The highest BCUT2D eigenvalue weighted by Gasteiger charge is 2.02. The fourth-order valence-corrected chi connectivity index (χ4v) is 0.554. The molecule has 60 valence electrons. The first-order valence-electron chi connectivity index (χ1n) is 2.95. The van der Waals surface area contributed by atoms with Crippen molar-refractivity contribution >= 4 is 16.8 Å². The van der Waals surface area contributed by atoms with Gasteiger partial charge in [-0.25, -0.2) is 0 Å². The molecule has 0 aliphatic rings. The van der Waals surface area contributed by atoms with Gasteiger partial charge in [0.15, 0.2) is 0 Å². The first-order chi connectivity index (χ1) is 4.66. The third kappa shape index (κ3) is 6.01. The lowest BCUT2D eigenvalue weighted by atomic mass is 10.4. The van der Waals surface area contributed by atoms with Crippen molar-refractivity contribution in [2.45, 2.75) is 13.0 Å². The van der Waals surface area contributed by atoms with Gasteiger partial charge in [0.25, 0.3) is 0 Å². The average molecular weight is 167 g/mol. The maximum absolute atomic E-state index is 10.2. The predicted octanol–water partition coefficient (Wildman–Crippen LogP) is 0.803. The van der Waals surface area contributed by atoms with Crippen LogP contribution in [0.2, 0.25) is 0 Å². The zero-order valence-corrected chi connectivity index (χ0v) is 6.85. The first-order valence-corrected chi connectivity index (χ1v) is 3.33. The number of carbonyl (C=O) groups excluding carboxylic acids is 1. The normalized spacial score (nSPS) is 13.1. The predicted molar refractivity (Wildman–Crippen MR) is 38.2 cm³/mol. The molecule has 0 aliphatic carbocycles. The van der Waals surface area contributed by atoms with Crippen LogP contribution in [0.4, 0.5) is 0 Å². The van der Waals surface area contributed by atoms with Gasteiger partial charge < -0.3 is 9.47 Å². The van der Waals surface area contributed by atoms with Crippen LogP contribution in [-0.2, 0) is 14.3 Å². The van der Waals surface area contributed by atoms with Crippen LogP contribution in [0.1, 0.15) is 6.92 Å². The summed E-state index contributed by atoms with van der Waals surface area (Å²) < 4.78 is 9.69. The lowest BCUT2D eigenvalue weighted by Crippen LogP contribution is -2.17. The molecule has 0 bridgehead atoms. The Bertz CT molecular complexity index is 105. The second-order valence-corrected chi connectivity index (χ2v) is 2.35. The van der Waals surface area contributed by atoms with Crippen LogP contribution in [0, 0.1) is 0 Å². The van der Waals surface area contributed by atoms with Crippen LogP contribution in [0.5, 0.6) is 0 Å². The van der Waals surface area contributed by atoms with Gasteiger partial charge in [0, 0.05) is 7.11 Å². The van der Waals surface area contributed by atoms with Gasteiger partial charge in [-0.15, -0.1) is 0 Å². The Hall–Kier alpha value is -0.120. The molecular weight excluding hydrogens is 156 g/mol. The topological polar surface area (TPSA) is 35.5 Å². The fourth-order valence-electron chi connectivity index (χ4n) is 0.491. The summed E-state index contributed by atoms with van der Waals surface area (Å²) in [5, 5.41) is -0.483. The summed E-state index contributed by atoms with van der Waals surface area (Å²) in [5.74, 6) is 0. The summed E-state index contributed by atoms with van der Waals surface area (Å²) in [6.07, 6.45) is -0.0762. The lowest BCUT2D eigenvalue weighted by molar-refractivity contribution is -0.118. The van der Waals surface area contributed by atoms with Crippen molar-refractivity contribution < 1.29 is 14.3 Å². The first kappa shape index (κ1) is 9.88. The van der Waals surface area contributed by atoms with Crippen molar-refractivity contribution in [3.63, 3.8) is 0 Å². The largest absolute Gasteiger partial charge is 0.382 e. The van der Waals surface area contributed by atoms with Gasteiger partial charge in [0.1, 0.15) is 6.61 Å². The molecule has 0 rings (SSSR count). The molecule has 0 aliphatic heterocycles. The standard InChI is InChI=1S/C6H11ClO3/c1-5(3-9-2)10-4-6(7)8/h5H,3-4H2,1-2H3. The van der Waals surface area contributed by atoms with Crippen molar-refractivity contribution in [1.82, 2.24) is 0 Å². The number of halogens is 1. The number of carbonyl (C=O) groups is 1. The summed E-state index contributed by atoms with van der Waals surface area (Å²) in [4.78, 5) is 10.2. The fraction of sp³-hybridized carbons (Fsp3) is 0.833.